The van der Waals surface area contributed by atoms with Crippen LogP contribution in [0.2, 0.25) is 0 Å². The summed E-state index contributed by atoms with van der Waals surface area (Å²) in [7, 11) is 1.99. The van der Waals surface area contributed by atoms with Gasteiger partial charge in [0.25, 0.3) is 0 Å². The van der Waals surface area contributed by atoms with Crippen LogP contribution in [0.15, 0.2) is 24.3 Å². The van der Waals surface area contributed by atoms with Crippen molar-refractivity contribution in [3.05, 3.63) is 29.8 Å². The summed E-state index contributed by atoms with van der Waals surface area (Å²) in [4.78, 5) is 0. The molecule has 0 fully saturated rings. The minimum absolute atomic E-state index is 0.468. The number of hydrogen-bond acceptors (Lipinski definition) is 2. The average Bonchev–Trinajstić information content (AvgIpc) is 2.31. The minimum Gasteiger partial charge on any atom is -0.493 e. The van der Waals surface area contributed by atoms with E-state index in [-0.39, 0.29) is 0 Å². The van der Waals surface area contributed by atoms with Gasteiger partial charge in [0.05, 0.1) is 6.61 Å². The van der Waals surface area contributed by atoms with E-state index < -0.39 is 0 Å². The van der Waals surface area contributed by atoms with Crippen molar-refractivity contribution in [3.8, 4) is 5.75 Å². The highest BCUT2D eigenvalue weighted by Gasteiger charge is 2.18. The molecule has 1 aliphatic rings. The summed E-state index contributed by atoms with van der Waals surface area (Å²) in [5.74, 6) is 1.03. The van der Waals surface area contributed by atoms with Gasteiger partial charge in [0.1, 0.15) is 5.75 Å². The molecule has 1 aromatic carbocycles. The highest BCUT2D eigenvalue weighted by atomic mass is 16.5. The quantitative estimate of drug-likeness (QED) is 0.740. The van der Waals surface area contributed by atoms with E-state index in [1.807, 2.05) is 33.0 Å². The van der Waals surface area contributed by atoms with Gasteiger partial charge in [-0.2, -0.15) is 0 Å². The average molecular weight is 193 g/mol. The Balaban J connectivity index is 0.000000461. The molecule has 2 heteroatoms. The van der Waals surface area contributed by atoms with E-state index in [0.717, 1.165) is 18.8 Å². The first-order valence-electron chi connectivity index (χ1n) is 5.31. The number of rotatable bonds is 1. The second-order valence-corrected chi connectivity index (χ2v) is 3.02. The molecule has 1 aliphatic heterocycles. The topological polar surface area (TPSA) is 21.3 Å². The Bertz CT molecular complexity index is 273. The molecule has 2 nitrogen and oxygen atoms in total. The van der Waals surface area contributed by atoms with Crippen LogP contribution in [0.5, 0.6) is 5.75 Å². The van der Waals surface area contributed by atoms with Crippen molar-refractivity contribution in [2.45, 2.75) is 26.3 Å². The first-order valence-corrected chi connectivity index (χ1v) is 5.31. The lowest BCUT2D eigenvalue weighted by Crippen LogP contribution is -2.23. The van der Waals surface area contributed by atoms with Crippen LogP contribution < -0.4 is 10.1 Å². The van der Waals surface area contributed by atoms with Gasteiger partial charge in [-0.1, -0.05) is 32.0 Å². The fourth-order valence-corrected chi connectivity index (χ4v) is 1.64. The highest BCUT2D eigenvalue weighted by Crippen LogP contribution is 2.30. The summed E-state index contributed by atoms with van der Waals surface area (Å²) in [6.07, 6.45) is 1.06. The summed E-state index contributed by atoms with van der Waals surface area (Å²) in [5.41, 5.74) is 1.28. The van der Waals surface area contributed by atoms with Crippen LogP contribution in [0, 0.1) is 0 Å². The van der Waals surface area contributed by atoms with Crippen molar-refractivity contribution in [3.63, 3.8) is 0 Å². The van der Waals surface area contributed by atoms with E-state index in [0.29, 0.717) is 6.04 Å². The normalized spacial score (nSPS) is 18.6. The van der Waals surface area contributed by atoms with Gasteiger partial charge >= 0.3 is 0 Å². The van der Waals surface area contributed by atoms with Crippen molar-refractivity contribution in [2.75, 3.05) is 13.7 Å². The summed E-state index contributed by atoms with van der Waals surface area (Å²) >= 11 is 0. The van der Waals surface area contributed by atoms with Gasteiger partial charge in [0.2, 0.25) is 0 Å². The monoisotopic (exact) mass is 193 g/mol. The predicted octanol–water partition coefficient (Wildman–Crippen LogP) is 2.76. The Morgan fingerprint density at radius 1 is 1.29 bits per heavy atom. The molecule has 0 bridgehead atoms. The number of para-hydroxylation sites is 1. The molecule has 0 amide bonds. The Hall–Kier alpha value is -1.02. The Morgan fingerprint density at radius 3 is 2.71 bits per heavy atom. The second kappa shape index (κ2) is 5.66. The maximum absolute atomic E-state index is 5.52. The fourth-order valence-electron chi connectivity index (χ4n) is 1.64. The number of benzene rings is 1. The van der Waals surface area contributed by atoms with Crippen LogP contribution in [-0.4, -0.2) is 13.7 Å². The van der Waals surface area contributed by atoms with E-state index in [1.54, 1.807) is 0 Å². The molecule has 0 radical (unpaired) electrons. The van der Waals surface area contributed by atoms with Crippen LogP contribution in [0.3, 0.4) is 0 Å². The molecular weight excluding hydrogens is 174 g/mol. The number of hydrogen-bond donors (Lipinski definition) is 1. The predicted molar refractivity (Wildman–Crippen MR) is 59.7 cm³/mol. The Kier molecular flexibility index (Phi) is 4.47. The molecule has 0 saturated heterocycles. The minimum atomic E-state index is 0.468. The number of fused-ring (bicyclic) bond motifs is 1. The molecule has 1 aromatic rings. The second-order valence-electron chi connectivity index (χ2n) is 3.02. The number of ether oxygens (including phenoxy) is 1. The zero-order chi connectivity index (χ0) is 10.4. The third kappa shape index (κ3) is 2.26. The molecule has 1 N–H and O–H groups in total. The van der Waals surface area contributed by atoms with E-state index in [9.17, 15) is 0 Å². The SMILES string of the molecule is CC.CNC1CCOc2ccccc21. The molecule has 1 atom stereocenters. The molecule has 2 rings (SSSR count). The highest BCUT2D eigenvalue weighted by molar-refractivity contribution is 5.37. The molecule has 78 valence electrons. The molecule has 0 saturated carbocycles. The van der Waals surface area contributed by atoms with Gasteiger partial charge in [-0.05, 0) is 13.1 Å². The third-order valence-corrected chi connectivity index (χ3v) is 2.31. The lowest BCUT2D eigenvalue weighted by Gasteiger charge is -2.25. The van der Waals surface area contributed by atoms with E-state index in [2.05, 4.69) is 17.4 Å². The standard InChI is InChI=1S/C10H13NO.C2H6/c1-11-9-6-7-12-10-5-3-2-4-8(9)10;1-2/h2-5,9,11H,6-7H2,1H3;1-2H3. The van der Waals surface area contributed by atoms with Gasteiger partial charge in [-0.25, -0.2) is 0 Å². The molecule has 0 spiro atoms. The van der Waals surface area contributed by atoms with Crippen molar-refractivity contribution in [1.29, 1.82) is 0 Å². The maximum Gasteiger partial charge on any atom is 0.124 e. The van der Waals surface area contributed by atoms with Crippen LogP contribution in [-0.2, 0) is 0 Å². The van der Waals surface area contributed by atoms with Crippen molar-refractivity contribution in [2.24, 2.45) is 0 Å². The lowest BCUT2D eigenvalue weighted by molar-refractivity contribution is 0.257. The molecule has 0 aromatic heterocycles. The van der Waals surface area contributed by atoms with E-state index in [1.165, 1.54) is 5.56 Å². The van der Waals surface area contributed by atoms with Crippen molar-refractivity contribution < 1.29 is 4.74 Å². The molecule has 14 heavy (non-hydrogen) atoms. The summed E-state index contributed by atoms with van der Waals surface area (Å²) in [5, 5.41) is 3.28. The van der Waals surface area contributed by atoms with Gasteiger partial charge in [-0.3, -0.25) is 0 Å². The first-order chi connectivity index (χ1) is 6.92. The van der Waals surface area contributed by atoms with Crippen molar-refractivity contribution >= 4 is 0 Å². The van der Waals surface area contributed by atoms with Gasteiger partial charge in [0.15, 0.2) is 0 Å². The van der Waals surface area contributed by atoms with E-state index >= 15 is 0 Å². The fraction of sp³-hybridized carbons (Fsp3) is 0.500. The van der Waals surface area contributed by atoms with Gasteiger partial charge in [0, 0.05) is 18.0 Å². The Labute approximate surface area is 86.3 Å². The van der Waals surface area contributed by atoms with Gasteiger partial charge in [-0.15, -0.1) is 0 Å². The van der Waals surface area contributed by atoms with Crippen LogP contribution in [0.1, 0.15) is 31.9 Å². The summed E-state index contributed by atoms with van der Waals surface area (Å²) in [6, 6.07) is 8.68. The van der Waals surface area contributed by atoms with Gasteiger partial charge < -0.3 is 10.1 Å². The zero-order valence-corrected chi connectivity index (χ0v) is 9.21. The lowest BCUT2D eigenvalue weighted by atomic mass is 10.0. The zero-order valence-electron chi connectivity index (χ0n) is 9.21. The number of nitrogens with one attached hydrogen (secondary N) is 1. The largest absolute Gasteiger partial charge is 0.493 e. The van der Waals surface area contributed by atoms with Crippen molar-refractivity contribution in [1.82, 2.24) is 5.32 Å². The molecule has 1 heterocycles. The first kappa shape index (κ1) is 11.1. The molecule has 1 unspecified atom stereocenters. The summed E-state index contributed by atoms with van der Waals surface area (Å²) < 4.78 is 5.52. The molecule has 0 aliphatic carbocycles. The van der Waals surface area contributed by atoms with Crippen LogP contribution >= 0.6 is 0 Å². The molecular formula is C12H19NO. The smallest absolute Gasteiger partial charge is 0.124 e. The van der Waals surface area contributed by atoms with Crippen LogP contribution in [0.4, 0.5) is 0 Å². The van der Waals surface area contributed by atoms with E-state index in [4.69, 9.17) is 4.74 Å². The Morgan fingerprint density at radius 2 is 2.00 bits per heavy atom. The third-order valence-electron chi connectivity index (χ3n) is 2.31. The maximum atomic E-state index is 5.52. The summed E-state index contributed by atoms with van der Waals surface area (Å²) in [6.45, 7) is 4.82. The van der Waals surface area contributed by atoms with Crippen LogP contribution in [0.25, 0.3) is 0 Å².